The average Bonchev–Trinajstić information content (AvgIpc) is 2.68. The Bertz CT molecular complexity index is 287. The molecule has 0 radical (unpaired) electrons. The second-order valence-corrected chi connectivity index (χ2v) is 3.99. The molecule has 0 spiro atoms. The van der Waals surface area contributed by atoms with Crippen LogP contribution >= 0.6 is 0 Å². The first-order valence-corrected chi connectivity index (χ1v) is 5.06. The number of nitrogens with one attached hydrogen (secondary N) is 1. The molecule has 0 saturated carbocycles. The van der Waals surface area contributed by atoms with Crippen LogP contribution in [-0.4, -0.2) is 17.6 Å². The summed E-state index contributed by atoms with van der Waals surface area (Å²) in [6.45, 7) is 5.17. The van der Waals surface area contributed by atoms with Crippen LogP contribution in [0.15, 0.2) is 24.4 Å². The van der Waals surface area contributed by atoms with Crippen LogP contribution in [-0.2, 0) is 4.74 Å². The van der Waals surface area contributed by atoms with E-state index in [-0.39, 0.29) is 6.23 Å². The number of nitrogens with zero attached hydrogens (tertiary/aromatic N) is 1. The first kappa shape index (κ1) is 9.62. The van der Waals surface area contributed by atoms with Gasteiger partial charge in [-0.3, -0.25) is 10.3 Å². The zero-order valence-corrected chi connectivity index (χ0v) is 8.60. The van der Waals surface area contributed by atoms with E-state index in [0.29, 0.717) is 12.0 Å². The Labute approximate surface area is 84.5 Å². The summed E-state index contributed by atoms with van der Waals surface area (Å²) in [5.41, 5.74) is 0.968. The Morgan fingerprint density at radius 3 is 2.93 bits per heavy atom. The highest BCUT2D eigenvalue weighted by Gasteiger charge is 2.27. The topological polar surface area (TPSA) is 34.1 Å². The Morgan fingerprint density at radius 1 is 1.50 bits per heavy atom. The molecule has 1 aromatic rings. The highest BCUT2D eigenvalue weighted by Crippen LogP contribution is 2.21. The highest BCUT2D eigenvalue weighted by molar-refractivity contribution is 5.07. The quantitative estimate of drug-likeness (QED) is 0.774. The smallest absolute Gasteiger partial charge is 0.151 e. The maximum absolute atomic E-state index is 5.64. The van der Waals surface area contributed by atoms with Crippen molar-refractivity contribution in [2.75, 3.05) is 6.61 Å². The van der Waals surface area contributed by atoms with Crippen molar-refractivity contribution in [1.82, 2.24) is 10.3 Å². The van der Waals surface area contributed by atoms with Crippen molar-refractivity contribution in [3.05, 3.63) is 30.1 Å². The lowest BCUT2D eigenvalue weighted by molar-refractivity contribution is 0.0966. The normalized spacial score (nSPS) is 27.1. The largest absolute Gasteiger partial charge is 0.356 e. The fourth-order valence-corrected chi connectivity index (χ4v) is 1.58. The SMILES string of the molecule is CC(C)[C@H]1CO[C@@H](c2ccccn2)N1. The molecule has 0 aromatic carbocycles. The van der Waals surface area contributed by atoms with Crippen LogP contribution in [0.4, 0.5) is 0 Å². The summed E-state index contributed by atoms with van der Waals surface area (Å²) in [6.07, 6.45) is 1.77. The molecule has 1 fully saturated rings. The van der Waals surface area contributed by atoms with Gasteiger partial charge in [0, 0.05) is 12.2 Å². The van der Waals surface area contributed by atoms with Crippen LogP contribution in [0.25, 0.3) is 0 Å². The molecule has 1 N–H and O–H groups in total. The minimum atomic E-state index is -0.0244. The molecular weight excluding hydrogens is 176 g/mol. The molecule has 14 heavy (non-hydrogen) atoms. The summed E-state index contributed by atoms with van der Waals surface area (Å²) in [4.78, 5) is 4.27. The second-order valence-electron chi connectivity index (χ2n) is 3.99. The van der Waals surface area contributed by atoms with Crippen LogP contribution in [0.1, 0.15) is 25.8 Å². The van der Waals surface area contributed by atoms with Gasteiger partial charge in [-0.15, -0.1) is 0 Å². The summed E-state index contributed by atoms with van der Waals surface area (Å²) in [5.74, 6) is 0.601. The lowest BCUT2D eigenvalue weighted by Gasteiger charge is -2.14. The number of pyridine rings is 1. The number of ether oxygens (including phenoxy) is 1. The van der Waals surface area contributed by atoms with Crippen molar-refractivity contribution in [2.45, 2.75) is 26.1 Å². The average molecular weight is 192 g/mol. The molecule has 0 unspecified atom stereocenters. The van der Waals surface area contributed by atoms with Gasteiger partial charge < -0.3 is 4.74 Å². The first-order chi connectivity index (χ1) is 6.77. The zero-order valence-electron chi connectivity index (χ0n) is 8.60. The summed E-state index contributed by atoms with van der Waals surface area (Å²) in [6, 6.07) is 6.33. The van der Waals surface area contributed by atoms with Crippen molar-refractivity contribution in [2.24, 2.45) is 5.92 Å². The fourth-order valence-electron chi connectivity index (χ4n) is 1.58. The first-order valence-electron chi connectivity index (χ1n) is 5.06. The molecule has 2 atom stereocenters. The summed E-state index contributed by atoms with van der Waals surface area (Å²) < 4.78 is 5.64. The number of aromatic nitrogens is 1. The Balaban J connectivity index is 2.03. The van der Waals surface area contributed by atoms with Gasteiger partial charge in [0.05, 0.1) is 12.3 Å². The van der Waals surface area contributed by atoms with Gasteiger partial charge >= 0.3 is 0 Å². The van der Waals surface area contributed by atoms with Gasteiger partial charge in [0.25, 0.3) is 0 Å². The maximum atomic E-state index is 5.64. The van der Waals surface area contributed by atoms with Crippen molar-refractivity contribution >= 4 is 0 Å². The van der Waals surface area contributed by atoms with Crippen LogP contribution in [0.5, 0.6) is 0 Å². The molecule has 3 heteroatoms. The molecule has 1 aromatic heterocycles. The molecule has 0 aliphatic carbocycles. The van der Waals surface area contributed by atoms with Crippen molar-refractivity contribution in [1.29, 1.82) is 0 Å². The van der Waals surface area contributed by atoms with Crippen molar-refractivity contribution < 1.29 is 4.74 Å². The van der Waals surface area contributed by atoms with Gasteiger partial charge in [0.2, 0.25) is 0 Å². The minimum absolute atomic E-state index is 0.0244. The third-order valence-corrected chi connectivity index (χ3v) is 2.57. The lowest BCUT2D eigenvalue weighted by atomic mass is 10.1. The third kappa shape index (κ3) is 1.94. The van der Waals surface area contributed by atoms with E-state index in [0.717, 1.165) is 12.3 Å². The van der Waals surface area contributed by atoms with E-state index in [1.165, 1.54) is 0 Å². The molecule has 1 saturated heterocycles. The fraction of sp³-hybridized carbons (Fsp3) is 0.545. The number of hydrogen-bond acceptors (Lipinski definition) is 3. The predicted octanol–water partition coefficient (Wildman–Crippen LogP) is 1.72. The van der Waals surface area contributed by atoms with Crippen molar-refractivity contribution in [3.8, 4) is 0 Å². The van der Waals surface area contributed by atoms with Gasteiger partial charge in [0.15, 0.2) is 6.23 Å². The minimum Gasteiger partial charge on any atom is -0.356 e. The standard InChI is InChI=1S/C11H16N2O/c1-8(2)10-7-14-11(13-10)9-5-3-4-6-12-9/h3-6,8,10-11,13H,7H2,1-2H3/t10-,11+/m1/s1. The van der Waals surface area contributed by atoms with Gasteiger partial charge in [-0.05, 0) is 18.1 Å². The second kappa shape index (κ2) is 4.07. The Kier molecular flexibility index (Phi) is 2.79. The maximum Gasteiger partial charge on any atom is 0.151 e. The zero-order chi connectivity index (χ0) is 9.97. The van der Waals surface area contributed by atoms with Crippen LogP contribution in [0, 0.1) is 5.92 Å². The number of rotatable bonds is 2. The molecule has 0 bridgehead atoms. The van der Waals surface area contributed by atoms with E-state index in [2.05, 4.69) is 24.1 Å². The summed E-state index contributed by atoms with van der Waals surface area (Å²) in [7, 11) is 0. The Morgan fingerprint density at radius 2 is 2.36 bits per heavy atom. The van der Waals surface area contributed by atoms with E-state index in [1.54, 1.807) is 6.20 Å². The lowest BCUT2D eigenvalue weighted by Crippen LogP contribution is -2.30. The third-order valence-electron chi connectivity index (χ3n) is 2.57. The molecule has 2 rings (SSSR count). The van der Waals surface area contributed by atoms with E-state index >= 15 is 0 Å². The van der Waals surface area contributed by atoms with Crippen LogP contribution in [0.2, 0.25) is 0 Å². The molecule has 1 aliphatic rings. The summed E-state index contributed by atoms with van der Waals surface area (Å²) >= 11 is 0. The Hall–Kier alpha value is -0.930. The van der Waals surface area contributed by atoms with Crippen molar-refractivity contribution in [3.63, 3.8) is 0 Å². The van der Waals surface area contributed by atoms with E-state index in [1.807, 2.05) is 18.2 Å². The van der Waals surface area contributed by atoms with Gasteiger partial charge in [-0.2, -0.15) is 0 Å². The van der Waals surface area contributed by atoms with E-state index in [4.69, 9.17) is 4.74 Å². The highest BCUT2D eigenvalue weighted by atomic mass is 16.5. The molecule has 76 valence electrons. The van der Waals surface area contributed by atoms with Gasteiger partial charge in [-0.25, -0.2) is 0 Å². The molecule has 2 heterocycles. The predicted molar refractivity (Wildman–Crippen MR) is 54.7 cm³/mol. The monoisotopic (exact) mass is 192 g/mol. The molecule has 3 nitrogen and oxygen atoms in total. The van der Waals surface area contributed by atoms with Crippen LogP contribution < -0.4 is 5.32 Å². The number of hydrogen-bond donors (Lipinski definition) is 1. The summed E-state index contributed by atoms with van der Waals surface area (Å²) in [5, 5.41) is 3.42. The van der Waals surface area contributed by atoms with E-state index < -0.39 is 0 Å². The molecular formula is C11H16N2O. The van der Waals surface area contributed by atoms with Gasteiger partial charge in [0.1, 0.15) is 0 Å². The molecule has 0 amide bonds. The van der Waals surface area contributed by atoms with Gasteiger partial charge in [-0.1, -0.05) is 19.9 Å². The van der Waals surface area contributed by atoms with Crippen LogP contribution in [0.3, 0.4) is 0 Å². The molecule has 1 aliphatic heterocycles. The van der Waals surface area contributed by atoms with E-state index in [9.17, 15) is 0 Å².